The lowest BCUT2D eigenvalue weighted by Gasteiger charge is -2.28. The smallest absolute Gasteiger partial charge is 0.420 e. The van der Waals surface area contributed by atoms with Crippen LogP contribution in [-0.4, -0.2) is 65.2 Å². The fourth-order valence-electron chi connectivity index (χ4n) is 4.28. The van der Waals surface area contributed by atoms with Crippen molar-refractivity contribution in [3.63, 3.8) is 0 Å². The lowest BCUT2D eigenvalue weighted by molar-refractivity contribution is -0.140. The number of hydrogen-bond donors (Lipinski definition) is 3. The third-order valence-electron chi connectivity index (χ3n) is 6.09. The number of nitrogens with two attached hydrogens (primary N) is 1. The minimum Gasteiger partial charge on any atom is -0.420 e. The molecule has 0 saturated carbocycles. The Hall–Kier alpha value is -3.56. The van der Waals surface area contributed by atoms with Gasteiger partial charge in [-0.2, -0.15) is 13.2 Å². The first-order chi connectivity index (χ1) is 19.1. The highest BCUT2D eigenvalue weighted by Crippen LogP contribution is 2.38. The van der Waals surface area contributed by atoms with Gasteiger partial charge in [-0.15, -0.1) is 21.5 Å². The van der Waals surface area contributed by atoms with E-state index in [1.807, 2.05) is 13.0 Å². The lowest BCUT2D eigenvalue weighted by atomic mass is 9.94. The van der Waals surface area contributed by atoms with Crippen molar-refractivity contribution in [3.05, 3.63) is 39.7 Å². The Morgan fingerprint density at radius 2 is 1.93 bits per heavy atom. The van der Waals surface area contributed by atoms with Crippen molar-refractivity contribution >= 4 is 34.3 Å². The summed E-state index contributed by atoms with van der Waals surface area (Å²) in [5.41, 5.74) is 7.56. The number of carbonyl (C=O) groups excluding carboxylic acids is 1. The standard InChI is InChI=1S/C25H31F3N8O3S/c1-4-16(17(12-20(29)33-24(37)30-5-2)23-32-19(13-40-23)25(26,27)28)15-10-18(22-35-34-14(3)39-22)31-21(11-15)36-6-8-38-9-7-36/h10-11,13,20H,4-9,12,29H2,1-3H3,(H2,30,33,37)/b17-16-. The van der Waals surface area contributed by atoms with Gasteiger partial charge in [-0.25, -0.2) is 14.8 Å². The van der Waals surface area contributed by atoms with E-state index in [0.29, 0.717) is 73.4 Å². The number of morpholine rings is 1. The first kappa shape index (κ1) is 29.4. The number of hydrogen-bond acceptors (Lipinski definition) is 10. The van der Waals surface area contributed by atoms with E-state index in [4.69, 9.17) is 19.9 Å². The Balaban J connectivity index is 1.86. The van der Waals surface area contributed by atoms with Crippen LogP contribution in [-0.2, 0) is 10.9 Å². The summed E-state index contributed by atoms with van der Waals surface area (Å²) in [5.74, 6) is 1.22. The molecule has 0 aromatic carbocycles. The van der Waals surface area contributed by atoms with Gasteiger partial charge in [0, 0.05) is 38.4 Å². The van der Waals surface area contributed by atoms with E-state index in [0.717, 1.165) is 16.7 Å². The monoisotopic (exact) mass is 580 g/mol. The number of alkyl halides is 3. The van der Waals surface area contributed by atoms with E-state index >= 15 is 0 Å². The molecular formula is C25H31F3N8O3S. The predicted molar refractivity (Wildman–Crippen MR) is 144 cm³/mol. The highest BCUT2D eigenvalue weighted by Gasteiger charge is 2.34. The fourth-order valence-corrected chi connectivity index (χ4v) is 5.19. The van der Waals surface area contributed by atoms with Crippen LogP contribution in [0.3, 0.4) is 0 Å². The molecule has 4 heterocycles. The zero-order chi connectivity index (χ0) is 28.9. The summed E-state index contributed by atoms with van der Waals surface area (Å²) in [5, 5.41) is 14.4. The number of aromatic nitrogens is 4. The molecule has 0 radical (unpaired) electrons. The van der Waals surface area contributed by atoms with Gasteiger partial charge in [0.1, 0.15) is 16.5 Å². The first-order valence-electron chi connectivity index (χ1n) is 12.8. The average molecular weight is 581 g/mol. The molecule has 1 saturated heterocycles. The minimum atomic E-state index is -4.60. The fraction of sp³-hybridized carbons (Fsp3) is 0.480. The summed E-state index contributed by atoms with van der Waals surface area (Å²) in [6.45, 7) is 7.99. The summed E-state index contributed by atoms with van der Waals surface area (Å²) < 4.78 is 51.6. The van der Waals surface area contributed by atoms with Gasteiger partial charge in [-0.3, -0.25) is 0 Å². The van der Waals surface area contributed by atoms with Gasteiger partial charge < -0.3 is 30.4 Å². The largest absolute Gasteiger partial charge is 0.434 e. The van der Waals surface area contributed by atoms with Crippen molar-refractivity contribution in [2.24, 2.45) is 5.73 Å². The second-order valence-corrected chi connectivity index (χ2v) is 9.84. The zero-order valence-corrected chi connectivity index (χ0v) is 23.2. The van der Waals surface area contributed by atoms with Crippen LogP contribution in [0.15, 0.2) is 21.9 Å². The van der Waals surface area contributed by atoms with Gasteiger partial charge in [-0.05, 0) is 42.2 Å². The molecule has 0 aliphatic carbocycles. The van der Waals surface area contributed by atoms with Crippen LogP contribution in [0.5, 0.6) is 0 Å². The number of halogens is 3. The summed E-state index contributed by atoms with van der Waals surface area (Å²) in [6.07, 6.45) is -5.02. The summed E-state index contributed by atoms with van der Waals surface area (Å²) in [6, 6.07) is 3.16. The number of nitrogens with zero attached hydrogens (tertiary/aromatic N) is 5. The van der Waals surface area contributed by atoms with Gasteiger partial charge in [0.2, 0.25) is 5.89 Å². The third kappa shape index (κ3) is 7.14. The molecule has 1 fully saturated rings. The second-order valence-electron chi connectivity index (χ2n) is 8.99. The van der Waals surface area contributed by atoms with Crippen LogP contribution < -0.4 is 21.3 Å². The molecule has 4 N–H and O–H groups in total. The van der Waals surface area contributed by atoms with Gasteiger partial charge in [0.05, 0.1) is 19.4 Å². The quantitative estimate of drug-likeness (QED) is 0.319. The Bertz CT molecular complexity index is 1350. The molecule has 1 aliphatic heterocycles. The Morgan fingerprint density at radius 1 is 1.18 bits per heavy atom. The molecule has 0 spiro atoms. The molecule has 3 aromatic heterocycles. The van der Waals surface area contributed by atoms with Crippen LogP contribution in [0, 0.1) is 6.92 Å². The summed E-state index contributed by atoms with van der Waals surface area (Å²) in [7, 11) is 0. The minimum absolute atomic E-state index is 0.0370. The first-order valence-corrected chi connectivity index (χ1v) is 13.7. The van der Waals surface area contributed by atoms with Crippen LogP contribution in [0.1, 0.15) is 48.8 Å². The zero-order valence-electron chi connectivity index (χ0n) is 22.3. The molecule has 15 heteroatoms. The predicted octanol–water partition coefficient (Wildman–Crippen LogP) is 4.07. The molecule has 2 amide bonds. The van der Waals surface area contributed by atoms with Gasteiger partial charge >= 0.3 is 12.2 Å². The number of urea groups is 1. The van der Waals surface area contributed by atoms with Gasteiger partial charge in [-0.1, -0.05) is 6.92 Å². The molecule has 1 aliphatic rings. The van der Waals surface area contributed by atoms with Crippen molar-refractivity contribution in [1.29, 1.82) is 0 Å². The van der Waals surface area contributed by atoms with E-state index in [1.54, 1.807) is 19.9 Å². The molecule has 40 heavy (non-hydrogen) atoms. The maximum absolute atomic E-state index is 13.5. The van der Waals surface area contributed by atoms with Gasteiger partial charge in [0.25, 0.3) is 5.89 Å². The van der Waals surface area contributed by atoms with Crippen molar-refractivity contribution in [3.8, 4) is 11.6 Å². The normalized spacial score (nSPS) is 15.5. The molecule has 3 aromatic rings. The van der Waals surface area contributed by atoms with Crippen LogP contribution in [0.25, 0.3) is 22.7 Å². The maximum atomic E-state index is 13.5. The van der Waals surface area contributed by atoms with E-state index in [-0.39, 0.29) is 17.3 Å². The second kappa shape index (κ2) is 12.7. The molecular weight excluding hydrogens is 549 g/mol. The molecule has 0 bridgehead atoms. The highest BCUT2D eigenvalue weighted by atomic mass is 32.1. The van der Waals surface area contributed by atoms with Crippen molar-refractivity contribution in [2.75, 3.05) is 37.7 Å². The summed E-state index contributed by atoms with van der Waals surface area (Å²) >= 11 is 0.874. The van der Waals surface area contributed by atoms with Gasteiger partial charge in [0.15, 0.2) is 5.69 Å². The molecule has 1 unspecified atom stereocenters. The molecule has 4 rings (SSSR count). The summed E-state index contributed by atoms with van der Waals surface area (Å²) in [4.78, 5) is 22.8. The number of anilines is 1. The number of aryl methyl sites for hydroxylation is 1. The van der Waals surface area contributed by atoms with Crippen molar-refractivity contribution in [2.45, 2.75) is 46.0 Å². The van der Waals surface area contributed by atoms with Crippen molar-refractivity contribution in [1.82, 2.24) is 30.8 Å². The van der Waals surface area contributed by atoms with E-state index in [1.165, 1.54) is 0 Å². The number of amides is 2. The maximum Gasteiger partial charge on any atom is 0.434 e. The average Bonchev–Trinajstić information content (AvgIpc) is 3.59. The number of nitrogens with one attached hydrogen (secondary N) is 2. The Labute approximate surface area is 233 Å². The molecule has 216 valence electrons. The van der Waals surface area contributed by atoms with Crippen LogP contribution >= 0.6 is 11.3 Å². The Morgan fingerprint density at radius 3 is 2.52 bits per heavy atom. The topological polar surface area (TPSA) is 144 Å². The Kier molecular flexibility index (Phi) is 9.37. The number of thiazole rings is 1. The number of allylic oxidation sites excluding steroid dienone is 1. The molecule has 11 nitrogen and oxygen atoms in total. The lowest BCUT2D eigenvalue weighted by Crippen LogP contribution is -2.46. The van der Waals surface area contributed by atoms with E-state index in [9.17, 15) is 18.0 Å². The highest BCUT2D eigenvalue weighted by molar-refractivity contribution is 7.10. The number of pyridine rings is 1. The van der Waals surface area contributed by atoms with E-state index < -0.39 is 24.1 Å². The van der Waals surface area contributed by atoms with Crippen LogP contribution in [0.2, 0.25) is 0 Å². The van der Waals surface area contributed by atoms with Crippen molar-refractivity contribution < 1.29 is 27.1 Å². The SMILES string of the molecule is CCNC(=O)NC(N)C/C(=C(\CC)c1cc(-c2nnc(C)o2)nc(N2CCOCC2)c1)c1nc(C(F)(F)F)cs1. The molecule has 1 atom stereocenters. The van der Waals surface area contributed by atoms with Crippen LogP contribution in [0.4, 0.5) is 23.8 Å². The van der Waals surface area contributed by atoms with E-state index in [2.05, 4.69) is 30.7 Å². The number of rotatable bonds is 9. The third-order valence-corrected chi connectivity index (χ3v) is 6.99. The number of carbonyl (C=O) groups is 1. The number of ether oxygens (including phenoxy) is 1.